The van der Waals surface area contributed by atoms with Crippen LogP contribution in [0.3, 0.4) is 0 Å². The van der Waals surface area contributed by atoms with Crippen LogP contribution >= 0.6 is 0 Å². The first-order valence-corrected chi connectivity index (χ1v) is 7.10. The summed E-state index contributed by atoms with van der Waals surface area (Å²) in [5.74, 6) is 0. The molecule has 2 rings (SSSR count). The molecule has 0 bridgehead atoms. The lowest BCUT2D eigenvalue weighted by atomic mass is 9.94. The first-order valence-electron chi connectivity index (χ1n) is 7.10. The van der Waals surface area contributed by atoms with E-state index in [0.717, 1.165) is 11.1 Å². The van der Waals surface area contributed by atoms with Crippen molar-refractivity contribution < 1.29 is 14.5 Å². The molecule has 6 nitrogen and oxygen atoms in total. The lowest BCUT2D eigenvalue weighted by Crippen LogP contribution is -2.33. The molecule has 2 aromatic carbocycles. The number of primary amides is 1. The molecule has 120 valence electrons. The Balaban J connectivity index is 2.38. The smallest absolute Gasteiger partial charge is 0.405 e. The number of nitrogens with zero attached hydrogens (tertiary/aromatic N) is 1. The van der Waals surface area contributed by atoms with Gasteiger partial charge in [-0.25, -0.2) is 4.79 Å². The molecular weight excluding hydrogens is 296 g/mol. The molecule has 0 heterocycles. The number of carbonyl (C=O) groups is 1. The van der Waals surface area contributed by atoms with Crippen molar-refractivity contribution in [3.05, 3.63) is 64.2 Å². The molecule has 0 fully saturated rings. The van der Waals surface area contributed by atoms with Crippen LogP contribution in [0.2, 0.25) is 0 Å². The van der Waals surface area contributed by atoms with E-state index in [1.165, 1.54) is 6.07 Å². The monoisotopic (exact) mass is 314 g/mol. The van der Waals surface area contributed by atoms with E-state index in [1.807, 2.05) is 36.4 Å². The molecule has 0 unspecified atom stereocenters. The maximum Gasteiger partial charge on any atom is 0.405 e. The number of carbonyl (C=O) groups excluding carboxylic acids is 1. The van der Waals surface area contributed by atoms with E-state index >= 15 is 0 Å². The van der Waals surface area contributed by atoms with Gasteiger partial charge >= 0.3 is 6.09 Å². The van der Waals surface area contributed by atoms with Crippen molar-refractivity contribution in [3.8, 4) is 11.1 Å². The molecule has 1 amide bonds. The van der Waals surface area contributed by atoms with E-state index in [1.54, 1.807) is 19.9 Å². The lowest BCUT2D eigenvalue weighted by molar-refractivity contribution is -0.385. The Morgan fingerprint density at radius 1 is 1.17 bits per heavy atom. The number of hydrogen-bond donors (Lipinski definition) is 1. The third-order valence-corrected chi connectivity index (χ3v) is 3.38. The van der Waals surface area contributed by atoms with Crippen LogP contribution in [0.15, 0.2) is 48.5 Å². The van der Waals surface area contributed by atoms with E-state index in [0.29, 0.717) is 5.56 Å². The highest BCUT2D eigenvalue weighted by atomic mass is 16.6. The van der Waals surface area contributed by atoms with Gasteiger partial charge < -0.3 is 10.5 Å². The Morgan fingerprint density at radius 3 is 2.39 bits per heavy atom. The number of nitrogens with two attached hydrogens (primary N) is 1. The molecule has 0 aromatic heterocycles. The van der Waals surface area contributed by atoms with Gasteiger partial charge in [0.2, 0.25) is 0 Å². The third kappa shape index (κ3) is 4.29. The third-order valence-electron chi connectivity index (χ3n) is 3.38. The standard InChI is InChI=1S/C17H18N2O4/c1-17(2,23-16(18)20)11-14-9-8-13(10-15(14)19(21)22)12-6-4-3-5-7-12/h3-10H,11H2,1-2H3,(H2,18,20). The fourth-order valence-electron chi connectivity index (χ4n) is 2.46. The average molecular weight is 314 g/mol. The summed E-state index contributed by atoms with van der Waals surface area (Å²) in [7, 11) is 0. The summed E-state index contributed by atoms with van der Waals surface area (Å²) in [5.41, 5.74) is 6.25. The van der Waals surface area contributed by atoms with Crippen LogP contribution in [0.4, 0.5) is 10.5 Å². The van der Waals surface area contributed by atoms with E-state index in [-0.39, 0.29) is 12.1 Å². The minimum Gasteiger partial charge on any atom is -0.443 e. The number of ether oxygens (including phenoxy) is 1. The number of nitro groups is 1. The molecule has 0 spiro atoms. The van der Waals surface area contributed by atoms with Gasteiger partial charge in [-0.3, -0.25) is 10.1 Å². The molecule has 0 aliphatic carbocycles. The van der Waals surface area contributed by atoms with Crippen molar-refractivity contribution in [2.24, 2.45) is 5.73 Å². The maximum atomic E-state index is 11.4. The maximum absolute atomic E-state index is 11.4. The van der Waals surface area contributed by atoms with Crippen molar-refractivity contribution in [2.75, 3.05) is 0 Å². The molecule has 0 saturated carbocycles. The average Bonchev–Trinajstić information content (AvgIpc) is 2.46. The summed E-state index contributed by atoms with van der Waals surface area (Å²) >= 11 is 0. The van der Waals surface area contributed by atoms with Crippen LogP contribution in [0.5, 0.6) is 0 Å². The zero-order chi connectivity index (χ0) is 17.0. The molecule has 2 aromatic rings. The number of hydrogen-bond acceptors (Lipinski definition) is 4. The first kappa shape index (κ1) is 16.5. The highest BCUT2D eigenvalue weighted by Crippen LogP contribution is 2.30. The van der Waals surface area contributed by atoms with E-state index < -0.39 is 16.6 Å². The predicted molar refractivity (Wildman–Crippen MR) is 87.0 cm³/mol. The van der Waals surface area contributed by atoms with Gasteiger partial charge in [-0.1, -0.05) is 42.5 Å². The Hall–Kier alpha value is -2.89. The predicted octanol–water partition coefficient (Wildman–Crippen LogP) is 3.68. The van der Waals surface area contributed by atoms with Gasteiger partial charge in [0.25, 0.3) is 5.69 Å². The van der Waals surface area contributed by atoms with Gasteiger partial charge in [-0.05, 0) is 25.0 Å². The van der Waals surface area contributed by atoms with E-state index in [4.69, 9.17) is 10.5 Å². The summed E-state index contributed by atoms with van der Waals surface area (Å²) in [6.07, 6.45) is -0.708. The molecule has 6 heteroatoms. The summed E-state index contributed by atoms with van der Waals surface area (Å²) in [6.45, 7) is 3.32. The lowest BCUT2D eigenvalue weighted by Gasteiger charge is -2.24. The second kappa shape index (κ2) is 6.48. The molecule has 23 heavy (non-hydrogen) atoms. The number of benzene rings is 2. The van der Waals surface area contributed by atoms with Crippen LogP contribution in [-0.4, -0.2) is 16.6 Å². The Labute approximate surface area is 134 Å². The van der Waals surface area contributed by atoms with Gasteiger partial charge in [0.05, 0.1) is 4.92 Å². The molecule has 0 saturated heterocycles. The summed E-state index contributed by atoms with van der Waals surface area (Å²) in [4.78, 5) is 21.9. The number of nitro benzene ring substituents is 1. The van der Waals surface area contributed by atoms with Crippen LogP contribution in [0.1, 0.15) is 19.4 Å². The van der Waals surface area contributed by atoms with Crippen molar-refractivity contribution in [1.29, 1.82) is 0 Å². The van der Waals surface area contributed by atoms with E-state index in [2.05, 4.69) is 0 Å². The topological polar surface area (TPSA) is 95.5 Å². The van der Waals surface area contributed by atoms with Crippen molar-refractivity contribution in [1.82, 2.24) is 0 Å². The summed E-state index contributed by atoms with van der Waals surface area (Å²) in [6, 6.07) is 14.4. The summed E-state index contributed by atoms with van der Waals surface area (Å²) < 4.78 is 5.01. The SMILES string of the molecule is CC(C)(Cc1ccc(-c2ccccc2)cc1[N+](=O)[O-])OC(N)=O. The van der Waals surface area contributed by atoms with Crippen LogP contribution in [-0.2, 0) is 11.2 Å². The Bertz CT molecular complexity index is 727. The first-order chi connectivity index (χ1) is 10.8. The van der Waals surface area contributed by atoms with Crippen LogP contribution in [0.25, 0.3) is 11.1 Å². The molecule has 0 aliphatic heterocycles. The van der Waals surface area contributed by atoms with E-state index in [9.17, 15) is 14.9 Å². The molecule has 0 aliphatic rings. The quantitative estimate of drug-likeness (QED) is 0.672. The highest BCUT2D eigenvalue weighted by Gasteiger charge is 2.27. The fourth-order valence-corrected chi connectivity index (χ4v) is 2.46. The van der Waals surface area contributed by atoms with Crippen molar-refractivity contribution >= 4 is 11.8 Å². The van der Waals surface area contributed by atoms with Crippen molar-refractivity contribution in [3.63, 3.8) is 0 Å². The molecule has 0 atom stereocenters. The zero-order valence-corrected chi connectivity index (χ0v) is 13.0. The molecule has 2 N–H and O–H groups in total. The Morgan fingerprint density at radius 2 is 1.83 bits per heavy atom. The summed E-state index contributed by atoms with van der Waals surface area (Å²) in [5, 5.41) is 11.4. The normalized spacial score (nSPS) is 11.0. The van der Waals surface area contributed by atoms with Gasteiger partial charge in [-0.15, -0.1) is 0 Å². The van der Waals surface area contributed by atoms with Crippen LogP contribution < -0.4 is 5.73 Å². The minimum absolute atomic E-state index is 0.00695. The number of amides is 1. The van der Waals surface area contributed by atoms with Gasteiger partial charge in [0, 0.05) is 18.1 Å². The largest absolute Gasteiger partial charge is 0.443 e. The highest BCUT2D eigenvalue weighted by molar-refractivity contribution is 5.68. The Kier molecular flexibility index (Phi) is 4.64. The second-order valence-electron chi connectivity index (χ2n) is 5.82. The zero-order valence-electron chi connectivity index (χ0n) is 13.0. The van der Waals surface area contributed by atoms with Gasteiger partial charge in [0.1, 0.15) is 5.60 Å². The molecular formula is C17H18N2O4. The van der Waals surface area contributed by atoms with Crippen LogP contribution in [0, 0.1) is 10.1 Å². The fraction of sp³-hybridized carbons (Fsp3) is 0.235. The van der Waals surface area contributed by atoms with Gasteiger partial charge in [0.15, 0.2) is 0 Å². The second-order valence-corrected chi connectivity index (χ2v) is 5.82. The van der Waals surface area contributed by atoms with Gasteiger partial charge in [-0.2, -0.15) is 0 Å². The minimum atomic E-state index is -0.926. The van der Waals surface area contributed by atoms with Crippen molar-refractivity contribution in [2.45, 2.75) is 25.9 Å². The molecule has 0 radical (unpaired) electrons. The number of rotatable bonds is 5.